The maximum absolute atomic E-state index is 11.9. The van der Waals surface area contributed by atoms with Crippen LogP contribution in [-0.2, 0) is 9.53 Å². The summed E-state index contributed by atoms with van der Waals surface area (Å²) in [6.07, 6.45) is 5.21. The van der Waals surface area contributed by atoms with Crippen molar-refractivity contribution in [2.45, 2.75) is 4.90 Å². The number of hydrogen-bond acceptors (Lipinski definition) is 4. The zero-order chi connectivity index (χ0) is 16.7. The SMILES string of the molecule is COC(=O)c1cccc(NC(=O)C=Cc2ccc(SC)cc2)c1. The Morgan fingerprint density at radius 3 is 2.52 bits per heavy atom. The molecule has 0 heterocycles. The van der Waals surface area contributed by atoms with Crippen LogP contribution in [0.15, 0.2) is 59.5 Å². The second-order valence-corrected chi connectivity index (χ2v) is 5.55. The van der Waals surface area contributed by atoms with E-state index in [0.29, 0.717) is 11.3 Å². The highest BCUT2D eigenvalue weighted by Crippen LogP contribution is 2.16. The van der Waals surface area contributed by atoms with Crippen molar-refractivity contribution in [1.82, 2.24) is 0 Å². The molecule has 4 nitrogen and oxygen atoms in total. The van der Waals surface area contributed by atoms with Gasteiger partial charge in [-0.15, -0.1) is 11.8 Å². The molecule has 0 aliphatic carbocycles. The minimum atomic E-state index is -0.439. The van der Waals surface area contributed by atoms with Crippen LogP contribution in [0.4, 0.5) is 5.69 Å². The molecule has 5 heteroatoms. The lowest BCUT2D eigenvalue weighted by Crippen LogP contribution is -2.09. The molecule has 23 heavy (non-hydrogen) atoms. The van der Waals surface area contributed by atoms with Crippen molar-refractivity contribution in [1.29, 1.82) is 0 Å². The van der Waals surface area contributed by atoms with Gasteiger partial charge < -0.3 is 10.1 Å². The standard InChI is InChI=1S/C18H17NO3S/c1-22-18(21)14-4-3-5-15(12-14)19-17(20)11-8-13-6-9-16(23-2)10-7-13/h3-12H,1-2H3,(H,19,20). The third-order valence-corrected chi connectivity index (χ3v) is 3.84. The third kappa shape index (κ3) is 5.00. The number of hydrogen-bond donors (Lipinski definition) is 1. The molecule has 0 aliphatic heterocycles. The molecule has 0 radical (unpaired) electrons. The first-order valence-corrected chi connectivity index (χ1v) is 8.16. The van der Waals surface area contributed by atoms with Gasteiger partial charge in [0.25, 0.3) is 0 Å². The number of amides is 1. The maximum Gasteiger partial charge on any atom is 0.337 e. The van der Waals surface area contributed by atoms with Gasteiger partial charge in [0, 0.05) is 16.7 Å². The van der Waals surface area contributed by atoms with E-state index in [1.165, 1.54) is 18.1 Å². The average Bonchev–Trinajstić information content (AvgIpc) is 2.60. The van der Waals surface area contributed by atoms with Gasteiger partial charge in [-0.25, -0.2) is 4.79 Å². The number of anilines is 1. The van der Waals surface area contributed by atoms with Gasteiger partial charge in [-0.2, -0.15) is 0 Å². The Morgan fingerprint density at radius 2 is 1.87 bits per heavy atom. The van der Waals surface area contributed by atoms with Crippen LogP contribution in [0, 0.1) is 0 Å². The van der Waals surface area contributed by atoms with Gasteiger partial charge in [0.2, 0.25) is 5.91 Å². The van der Waals surface area contributed by atoms with Crippen LogP contribution in [0.25, 0.3) is 6.08 Å². The molecule has 2 aromatic carbocycles. The molecule has 0 bridgehead atoms. The predicted octanol–water partition coefficient (Wildman–Crippen LogP) is 3.85. The van der Waals surface area contributed by atoms with Gasteiger partial charge in [-0.3, -0.25) is 4.79 Å². The summed E-state index contributed by atoms with van der Waals surface area (Å²) in [5, 5.41) is 2.72. The lowest BCUT2D eigenvalue weighted by atomic mass is 10.2. The molecule has 118 valence electrons. The van der Waals surface area contributed by atoms with Crippen molar-refractivity contribution in [2.24, 2.45) is 0 Å². The summed E-state index contributed by atoms with van der Waals surface area (Å²) >= 11 is 1.67. The Bertz CT molecular complexity index is 723. The Kier molecular flexibility index (Phi) is 6.00. The van der Waals surface area contributed by atoms with Gasteiger partial charge in [0.15, 0.2) is 0 Å². The lowest BCUT2D eigenvalue weighted by Gasteiger charge is -2.04. The molecule has 2 aromatic rings. The van der Waals surface area contributed by atoms with Crippen LogP contribution in [0.2, 0.25) is 0 Å². The minimum absolute atomic E-state index is 0.263. The van der Waals surface area contributed by atoms with Crippen molar-refractivity contribution < 1.29 is 14.3 Å². The van der Waals surface area contributed by atoms with E-state index in [4.69, 9.17) is 0 Å². The summed E-state index contributed by atoms with van der Waals surface area (Å²) < 4.78 is 4.65. The van der Waals surface area contributed by atoms with Gasteiger partial charge in [0.1, 0.15) is 0 Å². The summed E-state index contributed by atoms with van der Waals surface area (Å²) in [4.78, 5) is 24.6. The zero-order valence-electron chi connectivity index (χ0n) is 12.9. The lowest BCUT2D eigenvalue weighted by molar-refractivity contribution is -0.111. The van der Waals surface area contributed by atoms with Crippen LogP contribution in [0.5, 0.6) is 0 Å². The smallest absolute Gasteiger partial charge is 0.337 e. The fourth-order valence-corrected chi connectivity index (χ4v) is 2.32. The van der Waals surface area contributed by atoms with Gasteiger partial charge >= 0.3 is 5.97 Å². The first-order valence-electron chi connectivity index (χ1n) is 6.94. The van der Waals surface area contributed by atoms with Crippen LogP contribution in [0.1, 0.15) is 15.9 Å². The fourth-order valence-electron chi connectivity index (χ4n) is 1.91. The van der Waals surface area contributed by atoms with Crippen LogP contribution >= 0.6 is 11.8 Å². The number of ether oxygens (including phenoxy) is 1. The minimum Gasteiger partial charge on any atom is -0.465 e. The fraction of sp³-hybridized carbons (Fsp3) is 0.111. The van der Waals surface area contributed by atoms with Gasteiger partial charge in [0.05, 0.1) is 12.7 Å². The number of benzene rings is 2. The molecule has 1 N–H and O–H groups in total. The summed E-state index contributed by atoms with van der Waals surface area (Å²) in [5.41, 5.74) is 1.88. The Labute approximate surface area is 139 Å². The number of carbonyl (C=O) groups is 2. The zero-order valence-corrected chi connectivity index (χ0v) is 13.7. The first kappa shape index (κ1) is 16.8. The molecule has 0 saturated carbocycles. The van der Waals surface area contributed by atoms with Crippen molar-refractivity contribution in [3.63, 3.8) is 0 Å². The molecular weight excluding hydrogens is 310 g/mol. The van der Waals surface area contributed by atoms with Gasteiger partial charge in [-0.05, 0) is 48.2 Å². The van der Waals surface area contributed by atoms with E-state index in [1.54, 1.807) is 42.1 Å². The van der Waals surface area contributed by atoms with E-state index in [1.807, 2.05) is 30.5 Å². The van der Waals surface area contributed by atoms with E-state index in [9.17, 15) is 9.59 Å². The second kappa shape index (κ2) is 8.19. The quantitative estimate of drug-likeness (QED) is 0.515. The van der Waals surface area contributed by atoms with Crippen molar-refractivity contribution >= 4 is 35.4 Å². The molecule has 0 aliphatic rings. The summed E-state index contributed by atoms with van der Waals surface area (Å²) in [6, 6.07) is 14.5. The average molecular weight is 327 g/mol. The van der Waals surface area contributed by atoms with Crippen molar-refractivity contribution in [3.8, 4) is 0 Å². The maximum atomic E-state index is 11.9. The van der Waals surface area contributed by atoms with Crippen LogP contribution < -0.4 is 5.32 Å². The number of esters is 1. The molecule has 0 aromatic heterocycles. The molecule has 0 atom stereocenters. The number of rotatable bonds is 5. The largest absolute Gasteiger partial charge is 0.465 e. The first-order chi connectivity index (χ1) is 11.1. The van der Waals surface area contributed by atoms with E-state index >= 15 is 0 Å². The Hall–Kier alpha value is -2.53. The van der Waals surface area contributed by atoms with E-state index in [2.05, 4.69) is 10.1 Å². The number of nitrogens with one attached hydrogen (secondary N) is 1. The van der Waals surface area contributed by atoms with E-state index < -0.39 is 5.97 Å². The number of methoxy groups -OCH3 is 1. The molecule has 2 rings (SSSR count). The summed E-state index contributed by atoms with van der Waals surface area (Å²) in [5.74, 6) is -0.702. The molecular formula is C18H17NO3S. The second-order valence-electron chi connectivity index (χ2n) is 4.67. The van der Waals surface area contributed by atoms with Gasteiger partial charge in [-0.1, -0.05) is 18.2 Å². The number of thioether (sulfide) groups is 1. The molecule has 0 fully saturated rings. The Balaban J connectivity index is 2.01. The topological polar surface area (TPSA) is 55.4 Å². The molecule has 1 amide bonds. The molecule has 0 saturated heterocycles. The van der Waals surface area contributed by atoms with Crippen molar-refractivity contribution in [2.75, 3.05) is 18.7 Å². The highest BCUT2D eigenvalue weighted by Gasteiger charge is 2.06. The highest BCUT2D eigenvalue weighted by molar-refractivity contribution is 7.98. The third-order valence-electron chi connectivity index (χ3n) is 3.09. The summed E-state index contributed by atoms with van der Waals surface area (Å²) in [6.45, 7) is 0. The Morgan fingerprint density at radius 1 is 1.13 bits per heavy atom. The predicted molar refractivity (Wildman–Crippen MR) is 93.7 cm³/mol. The van der Waals surface area contributed by atoms with Crippen molar-refractivity contribution in [3.05, 3.63) is 65.7 Å². The van der Waals surface area contributed by atoms with E-state index in [0.717, 1.165) is 5.56 Å². The monoisotopic (exact) mass is 327 g/mol. The van der Waals surface area contributed by atoms with Crippen LogP contribution in [0.3, 0.4) is 0 Å². The van der Waals surface area contributed by atoms with E-state index in [-0.39, 0.29) is 5.91 Å². The highest BCUT2D eigenvalue weighted by atomic mass is 32.2. The summed E-state index contributed by atoms with van der Waals surface area (Å²) in [7, 11) is 1.32. The molecule has 0 unspecified atom stereocenters. The molecule has 0 spiro atoms. The number of carbonyl (C=O) groups excluding carboxylic acids is 2. The van der Waals surface area contributed by atoms with Crippen LogP contribution in [-0.4, -0.2) is 25.2 Å². The normalized spacial score (nSPS) is 10.5.